The fraction of sp³-hybridized carbons (Fsp3) is 0.500. The number of nitrogens with two attached hydrogens (primary N) is 1. The monoisotopic (exact) mass is 248 g/mol. The van der Waals surface area contributed by atoms with Gasteiger partial charge >= 0.3 is 0 Å². The van der Waals surface area contributed by atoms with Crippen LogP contribution in [0.3, 0.4) is 0 Å². The molecule has 2 rings (SSSR count). The topological polar surface area (TPSA) is 55.6 Å². The quantitative estimate of drug-likeness (QED) is 0.806. The van der Waals surface area contributed by atoms with Crippen LogP contribution < -0.4 is 5.73 Å². The van der Waals surface area contributed by atoms with E-state index >= 15 is 0 Å². The standard InChI is InChI=1S/C14H20N2O2/c1-14(2)10-16(7-8-18-14)13(17)9-11-3-5-12(15)6-4-11/h3-6H,7-10,15H2,1-2H3. The zero-order valence-corrected chi connectivity index (χ0v) is 11.0. The molecule has 4 nitrogen and oxygen atoms in total. The number of nitrogen functional groups attached to an aromatic ring is 1. The maximum Gasteiger partial charge on any atom is 0.227 e. The second-order valence-corrected chi connectivity index (χ2v) is 5.34. The van der Waals surface area contributed by atoms with Crippen molar-refractivity contribution in [3.8, 4) is 0 Å². The van der Waals surface area contributed by atoms with E-state index in [0.29, 0.717) is 26.1 Å². The SMILES string of the molecule is CC1(C)CN(C(=O)Cc2ccc(N)cc2)CCO1. The zero-order valence-electron chi connectivity index (χ0n) is 11.0. The van der Waals surface area contributed by atoms with Gasteiger partial charge in [-0.25, -0.2) is 0 Å². The van der Waals surface area contributed by atoms with Crippen LogP contribution in [0.4, 0.5) is 5.69 Å². The Hall–Kier alpha value is -1.55. The molecule has 1 fully saturated rings. The lowest BCUT2D eigenvalue weighted by atomic mass is 10.1. The summed E-state index contributed by atoms with van der Waals surface area (Å²) in [5, 5.41) is 0. The van der Waals surface area contributed by atoms with Crippen molar-refractivity contribution >= 4 is 11.6 Å². The highest BCUT2D eigenvalue weighted by atomic mass is 16.5. The molecule has 1 aromatic rings. The highest BCUT2D eigenvalue weighted by Gasteiger charge is 2.29. The van der Waals surface area contributed by atoms with Crippen molar-refractivity contribution in [1.29, 1.82) is 0 Å². The molecule has 0 aromatic heterocycles. The number of carbonyl (C=O) groups excluding carboxylic acids is 1. The molecule has 98 valence electrons. The van der Waals surface area contributed by atoms with E-state index in [1.54, 1.807) is 0 Å². The van der Waals surface area contributed by atoms with Crippen molar-refractivity contribution in [3.05, 3.63) is 29.8 Å². The van der Waals surface area contributed by atoms with Crippen LogP contribution in [-0.2, 0) is 16.0 Å². The van der Waals surface area contributed by atoms with Gasteiger partial charge in [0, 0.05) is 18.8 Å². The van der Waals surface area contributed by atoms with Crippen LogP contribution in [0.25, 0.3) is 0 Å². The minimum atomic E-state index is -0.241. The number of carbonyl (C=O) groups is 1. The first-order valence-corrected chi connectivity index (χ1v) is 6.22. The Bertz CT molecular complexity index is 426. The minimum Gasteiger partial charge on any atom is -0.399 e. The molecule has 0 spiro atoms. The summed E-state index contributed by atoms with van der Waals surface area (Å²) in [6.07, 6.45) is 0.427. The summed E-state index contributed by atoms with van der Waals surface area (Å²) in [5.74, 6) is 0.149. The molecule has 1 aromatic carbocycles. The second-order valence-electron chi connectivity index (χ2n) is 5.34. The fourth-order valence-corrected chi connectivity index (χ4v) is 2.15. The maximum absolute atomic E-state index is 12.2. The highest BCUT2D eigenvalue weighted by Crippen LogP contribution is 2.17. The Balaban J connectivity index is 1.97. The molecule has 0 radical (unpaired) electrons. The van der Waals surface area contributed by atoms with Crippen molar-refractivity contribution in [2.24, 2.45) is 0 Å². The lowest BCUT2D eigenvalue weighted by molar-refractivity contribution is -0.145. The summed E-state index contributed by atoms with van der Waals surface area (Å²) in [7, 11) is 0. The average Bonchev–Trinajstić information content (AvgIpc) is 2.31. The van der Waals surface area contributed by atoms with Gasteiger partial charge in [-0.05, 0) is 31.5 Å². The number of morpholine rings is 1. The number of nitrogens with zero attached hydrogens (tertiary/aromatic N) is 1. The molecule has 4 heteroatoms. The summed E-state index contributed by atoms with van der Waals surface area (Å²) >= 11 is 0. The second kappa shape index (κ2) is 4.98. The lowest BCUT2D eigenvalue weighted by Gasteiger charge is -2.38. The molecule has 2 N–H and O–H groups in total. The molecule has 1 aliphatic rings. The first-order valence-electron chi connectivity index (χ1n) is 6.22. The molecule has 1 amide bonds. The van der Waals surface area contributed by atoms with Crippen LogP contribution in [0.1, 0.15) is 19.4 Å². The van der Waals surface area contributed by atoms with Crippen molar-refractivity contribution in [2.75, 3.05) is 25.4 Å². The van der Waals surface area contributed by atoms with Crippen molar-refractivity contribution in [1.82, 2.24) is 4.90 Å². The van der Waals surface area contributed by atoms with Gasteiger partial charge in [-0.2, -0.15) is 0 Å². The van der Waals surface area contributed by atoms with Crippen LogP contribution in [0.5, 0.6) is 0 Å². The van der Waals surface area contributed by atoms with Crippen molar-refractivity contribution in [2.45, 2.75) is 25.9 Å². The van der Waals surface area contributed by atoms with E-state index in [9.17, 15) is 4.79 Å². The van der Waals surface area contributed by atoms with Gasteiger partial charge in [-0.3, -0.25) is 4.79 Å². The van der Waals surface area contributed by atoms with Crippen LogP contribution in [0, 0.1) is 0 Å². The van der Waals surface area contributed by atoms with Crippen LogP contribution in [-0.4, -0.2) is 36.1 Å². The van der Waals surface area contributed by atoms with Gasteiger partial charge in [0.2, 0.25) is 5.91 Å². The summed E-state index contributed by atoms with van der Waals surface area (Å²) in [5.41, 5.74) is 7.10. The van der Waals surface area contributed by atoms with Gasteiger partial charge in [-0.1, -0.05) is 12.1 Å². The third-order valence-electron chi connectivity index (χ3n) is 3.11. The van der Waals surface area contributed by atoms with Crippen LogP contribution >= 0.6 is 0 Å². The zero-order chi connectivity index (χ0) is 13.2. The first kappa shape index (κ1) is 12.9. The molecule has 0 atom stereocenters. The summed E-state index contributed by atoms with van der Waals surface area (Å²) in [6.45, 7) is 5.96. The Labute approximate surface area is 108 Å². The molecular weight excluding hydrogens is 228 g/mol. The smallest absolute Gasteiger partial charge is 0.227 e. The maximum atomic E-state index is 12.2. The Morgan fingerprint density at radius 1 is 1.39 bits per heavy atom. The third kappa shape index (κ3) is 3.23. The normalized spacial score (nSPS) is 18.7. The third-order valence-corrected chi connectivity index (χ3v) is 3.11. The lowest BCUT2D eigenvalue weighted by Crippen LogP contribution is -2.51. The van der Waals surface area contributed by atoms with E-state index in [2.05, 4.69) is 0 Å². The molecule has 1 saturated heterocycles. The van der Waals surface area contributed by atoms with E-state index in [0.717, 1.165) is 11.3 Å². The van der Waals surface area contributed by atoms with Gasteiger partial charge in [0.15, 0.2) is 0 Å². The van der Waals surface area contributed by atoms with Crippen LogP contribution in [0.2, 0.25) is 0 Å². The Kier molecular flexibility index (Phi) is 3.57. The number of benzene rings is 1. The number of rotatable bonds is 2. The molecule has 1 heterocycles. The van der Waals surface area contributed by atoms with Gasteiger partial charge in [-0.15, -0.1) is 0 Å². The molecule has 0 aliphatic carbocycles. The molecule has 1 aliphatic heterocycles. The average molecular weight is 248 g/mol. The molecule has 0 unspecified atom stereocenters. The minimum absolute atomic E-state index is 0.149. The van der Waals surface area contributed by atoms with E-state index in [1.165, 1.54) is 0 Å². The molecular formula is C14H20N2O2. The Morgan fingerprint density at radius 3 is 2.67 bits per heavy atom. The van der Waals surface area contributed by atoms with Crippen molar-refractivity contribution in [3.63, 3.8) is 0 Å². The van der Waals surface area contributed by atoms with E-state index in [4.69, 9.17) is 10.5 Å². The van der Waals surface area contributed by atoms with Crippen LogP contribution in [0.15, 0.2) is 24.3 Å². The van der Waals surface area contributed by atoms with E-state index < -0.39 is 0 Å². The number of hydrogen-bond acceptors (Lipinski definition) is 3. The Morgan fingerprint density at radius 2 is 2.06 bits per heavy atom. The number of amides is 1. The largest absolute Gasteiger partial charge is 0.399 e. The van der Waals surface area contributed by atoms with Gasteiger partial charge in [0.25, 0.3) is 0 Å². The van der Waals surface area contributed by atoms with Gasteiger partial charge in [0.05, 0.1) is 18.6 Å². The molecule has 0 bridgehead atoms. The van der Waals surface area contributed by atoms with Gasteiger partial charge < -0.3 is 15.4 Å². The number of hydrogen-bond donors (Lipinski definition) is 1. The number of ether oxygens (including phenoxy) is 1. The summed E-state index contributed by atoms with van der Waals surface area (Å²) in [4.78, 5) is 14.1. The predicted octanol–water partition coefficient (Wildman–Crippen LogP) is 1.45. The summed E-state index contributed by atoms with van der Waals surface area (Å²) in [6, 6.07) is 7.45. The molecule has 18 heavy (non-hydrogen) atoms. The van der Waals surface area contributed by atoms with E-state index in [-0.39, 0.29) is 11.5 Å². The predicted molar refractivity (Wildman–Crippen MR) is 71.2 cm³/mol. The number of anilines is 1. The highest BCUT2D eigenvalue weighted by molar-refractivity contribution is 5.79. The summed E-state index contributed by atoms with van der Waals surface area (Å²) < 4.78 is 5.60. The van der Waals surface area contributed by atoms with Gasteiger partial charge in [0.1, 0.15) is 0 Å². The van der Waals surface area contributed by atoms with E-state index in [1.807, 2.05) is 43.0 Å². The fourth-order valence-electron chi connectivity index (χ4n) is 2.15. The first-order chi connectivity index (χ1) is 8.46. The van der Waals surface area contributed by atoms with Crippen molar-refractivity contribution < 1.29 is 9.53 Å². The molecule has 0 saturated carbocycles.